The molecular formula is C24H22BrNO3S. The number of sulfonamides is 1. The largest absolute Gasteiger partial charge is 0.293 e. The van der Waals surface area contributed by atoms with Gasteiger partial charge in [-0.3, -0.25) is 4.79 Å². The fourth-order valence-corrected chi connectivity index (χ4v) is 4.82. The summed E-state index contributed by atoms with van der Waals surface area (Å²) >= 11 is 3.43. The molecule has 30 heavy (non-hydrogen) atoms. The van der Waals surface area contributed by atoms with Gasteiger partial charge in [0, 0.05) is 5.56 Å². The SMILES string of the molecule is Cc1ccc(S(=O)(=O)N[C@H](/C=C/c2ccccc2)[C@@H](Br)C(=O)c2ccccc2)cc1. The second-order valence-corrected chi connectivity index (χ2v) is 9.56. The van der Waals surface area contributed by atoms with Crippen molar-refractivity contribution >= 4 is 37.8 Å². The molecule has 4 nitrogen and oxygen atoms in total. The third kappa shape index (κ3) is 5.75. The Labute approximate surface area is 185 Å². The van der Waals surface area contributed by atoms with Crippen molar-refractivity contribution in [3.63, 3.8) is 0 Å². The number of alkyl halides is 1. The first-order valence-electron chi connectivity index (χ1n) is 9.42. The summed E-state index contributed by atoms with van der Waals surface area (Å²) in [7, 11) is -3.82. The van der Waals surface area contributed by atoms with E-state index in [1.54, 1.807) is 60.7 Å². The van der Waals surface area contributed by atoms with Crippen LogP contribution in [0.25, 0.3) is 6.08 Å². The van der Waals surface area contributed by atoms with Crippen LogP contribution in [0.5, 0.6) is 0 Å². The van der Waals surface area contributed by atoms with Crippen LogP contribution in [0.2, 0.25) is 0 Å². The van der Waals surface area contributed by atoms with Crippen molar-refractivity contribution in [2.75, 3.05) is 0 Å². The minimum absolute atomic E-state index is 0.151. The van der Waals surface area contributed by atoms with E-state index in [1.807, 2.05) is 43.3 Å². The van der Waals surface area contributed by atoms with Gasteiger partial charge < -0.3 is 0 Å². The van der Waals surface area contributed by atoms with Crippen molar-refractivity contribution in [2.24, 2.45) is 0 Å². The molecule has 0 heterocycles. The molecule has 0 aliphatic carbocycles. The monoisotopic (exact) mass is 483 g/mol. The maximum Gasteiger partial charge on any atom is 0.241 e. The average molecular weight is 484 g/mol. The molecule has 6 heteroatoms. The lowest BCUT2D eigenvalue weighted by Gasteiger charge is -2.20. The van der Waals surface area contributed by atoms with Crippen LogP contribution in [0.4, 0.5) is 0 Å². The van der Waals surface area contributed by atoms with Crippen LogP contribution in [-0.2, 0) is 10.0 Å². The van der Waals surface area contributed by atoms with Gasteiger partial charge in [-0.05, 0) is 24.6 Å². The van der Waals surface area contributed by atoms with Gasteiger partial charge in [-0.25, -0.2) is 13.1 Å². The molecule has 0 unspecified atom stereocenters. The Hall–Kier alpha value is -2.54. The summed E-state index contributed by atoms with van der Waals surface area (Å²) in [6.07, 6.45) is 3.50. The molecule has 0 saturated carbocycles. The molecular weight excluding hydrogens is 462 g/mol. The van der Waals surface area contributed by atoms with Gasteiger partial charge in [0.25, 0.3) is 0 Å². The molecule has 0 aromatic heterocycles. The Kier molecular flexibility index (Phi) is 7.37. The lowest BCUT2D eigenvalue weighted by molar-refractivity contribution is 0.0986. The van der Waals surface area contributed by atoms with Crippen LogP contribution in [-0.4, -0.2) is 25.1 Å². The first-order chi connectivity index (χ1) is 14.4. The number of nitrogens with one attached hydrogen (secondary N) is 1. The normalized spacial score (nSPS) is 13.8. The number of ketones is 1. The Morgan fingerprint density at radius 1 is 0.900 bits per heavy atom. The van der Waals surface area contributed by atoms with E-state index >= 15 is 0 Å². The van der Waals surface area contributed by atoms with Gasteiger partial charge in [-0.1, -0.05) is 106 Å². The molecule has 0 amide bonds. The number of aryl methyl sites for hydroxylation is 1. The van der Waals surface area contributed by atoms with E-state index in [2.05, 4.69) is 20.7 Å². The number of carbonyl (C=O) groups is 1. The Balaban J connectivity index is 1.91. The van der Waals surface area contributed by atoms with Crippen molar-refractivity contribution in [2.45, 2.75) is 22.7 Å². The van der Waals surface area contributed by atoms with Gasteiger partial charge in [-0.15, -0.1) is 0 Å². The van der Waals surface area contributed by atoms with Crippen molar-refractivity contribution in [3.8, 4) is 0 Å². The molecule has 0 aliphatic heterocycles. The second kappa shape index (κ2) is 9.98. The van der Waals surface area contributed by atoms with E-state index in [0.717, 1.165) is 11.1 Å². The summed E-state index contributed by atoms with van der Waals surface area (Å²) < 4.78 is 28.6. The topological polar surface area (TPSA) is 63.2 Å². The molecule has 3 aromatic rings. The number of hydrogen-bond donors (Lipinski definition) is 1. The molecule has 0 aliphatic rings. The summed E-state index contributed by atoms with van der Waals surface area (Å²) in [5, 5.41) is 0. The predicted octanol–water partition coefficient (Wildman–Crippen LogP) is 5.00. The van der Waals surface area contributed by atoms with E-state index in [1.165, 1.54) is 0 Å². The van der Waals surface area contributed by atoms with Crippen molar-refractivity contribution in [1.29, 1.82) is 0 Å². The Morgan fingerprint density at radius 3 is 2.07 bits per heavy atom. The highest BCUT2D eigenvalue weighted by molar-refractivity contribution is 9.10. The third-order valence-electron chi connectivity index (χ3n) is 4.54. The second-order valence-electron chi connectivity index (χ2n) is 6.86. The number of rotatable bonds is 8. The summed E-state index contributed by atoms with van der Waals surface area (Å²) in [4.78, 5) is 12.3. The number of hydrogen-bond acceptors (Lipinski definition) is 3. The Bertz CT molecular complexity index is 1110. The lowest BCUT2D eigenvalue weighted by atomic mass is 10.0. The van der Waals surface area contributed by atoms with Gasteiger partial charge in [0.2, 0.25) is 10.0 Å². The summed E-state index contributed by atoms with van der Waals surface area (Å²) in [6.45, 7) is 1.89. The van der Waals surface area contributed by atoms with Crippen molar-refractivity contribution in [1.82, 2.24) is 4.72 Å². The molecule has 0 saturated heterocycles. The average Bonchev–Trinajstić information content (AvgIpc) is 2.77. The molecule has 0 fully saturated rings. The smallest absolute Gasteiger partial charge is 0.241 e. The maximum absolute atomic E-state index is 13.0. The summed E-state index contributed by atoms with van der Waals surface area (Å²) in [6, 6.07) is 24.1. The number of carbonyl (C=O) groups excluding carboxylic acids is 1. The van der Waals surface area contributed by atoms with Crippen molar-refractivity contribution in [3.05, 3.63) is 108 Å². The minimum atomic E-state index is -3.82. The number of Topliss-reactive ketones (excluding diaryl/α,β-unsaturated/α-hetero) is 1. The maximum atomic E-state index is 13.0. The molecule has 3 rings (SSSR count). The standard InChI is InChI=1S/C24H22BrNO3S/c1-18-12-15-21(16-13-18)30(28,29)26-22(17-14-19-8-4-2-5-9-19)23(25)24(27)20-10-6-3-7-11-20/h2-17,22-23,26H,1H3/b17-14+/t22-,23-/m1/s1. The summed E-state index contributed by atoms with van der Waals surface area (Å²) in [5.74, 6) is -0.204. The van der Waals surface area contributed by atoms with Crippen LogP contribution in [0.1, 0.15) is 21.5 Å². The van der Waals surface area contributed by atoms with Crippen LogP contribution in [0.3, 0.4) is 0 Å². The van der Waals surface area contributed by atoms with Crippen LogP contribution in [0.15, 0.2) is 95.9 Å². The highest BCUT2D eigenvalue weighted by Crippen LogP contribution is 2.19. The van der Waals surface area contributed by atoms with Crippen LogP contribution in [0, 0.1) is 6.92 Å². The zero-order valence-corrected chi connectivity index (χ0v) is 18.8. The van der Waals surface area contributed by atoms with Crippen LogP contribution >= 0.6 is 15.9 Å². The first-order valence-corrected chi connectivity index (χ1v) is 11.8. The first kappa shape index (κ1) is 22.2. The third-order valence-corrected chi connectivity index (χ3v) is 7.00. The molecule has 2 atom stereocenters. The molecule has 154 valence electrons. The number of benzene rings is 3. The van der Waals surface area contributed by atoms with E-state index in [0.29, 0.717) is 5.56 Å². The quantitative estimate of drug-likeness (QED) is 0.362. The van der Waals surface area contributed by atoms with Gasteiger partial charge in [0.15, 0.2) is 5.78 Å². The molecule has 0 spiro atoms. The highest BCUT2D eigenvalue weighted by Gasteiger charge is 2.29. The van der Waals surface area contributed by atoms with Gasteiger partial charge in [0.1, 0.15) is 0 Å². The zero-order chi connectivity index (χ0) is 21.6. The molecule has 0 bridgehead atoms. The zero-order valence-electron chi connectivity index (χ0n) is 16.4. The fourth-order valence-electron chi connectivity index (χ4n) is 2.86. The fraction of sp³-hybridized carbons (Fsp3) is 0.125. The number of halogens is 1. The van der Waals surface area contributed by atoms with E-state index in [4.69, 9.17) is 0 Å². The summed E-state index contributed by atoms with van der Waals surface area (Å²) in [5.41, 5.74) is 2.38. The lowest BCUT2D eigenvalue weighted by Crippen LogP contribution is -2.42. The van der Waals surface area contributed by atoms with E-state index in [-0.39, 0.29) is 10.7 Å². The Morgan fingerprint density at radius 2 is 1.47 bits per heavy atom. The van der Waals surface area contributed by atoms with Gasteiger partial charge >= 0.3 is 0 Å². The molecule has 3 aromatic carbocycles. The van der Waals surface area contributed by atoms with E-state index < -0.39 is 20.9 Å². The predicted molar refractivity (Wildman–Crippen MR) is 124 cm³/mol. The molecule has 0 radical (unpaired) electrons. The van der Waals surface area contributed by atoms with Crippen LogP contribution < -0.4 is 4.72 Å². The van der Waals surface area contributed by atoms with Gasteiger partial charge in [0.05, 0.1) is 15.8 Å². The highest BCUT2D eigenvalue weighted by atomic mass is 79.9. The van der Waals surface area contributed by atoms with Gasteiger partial charge in [-0.2, -0.15) is 0 Å². The minimum Gasteiger partial charge on any atom is -0.293 e. The van der Waals surface area contributed by atoms with Crippen molar-refractivity contribution < 1.29 is 13.2 Å². The van der Waals surface area contributed by atoms with E-state index in [9.17, 15) is 13.2 Å². The molecule has 1 N–H and O–H groups in total.